The van der Waals surface area contributed by atoms with Gasteiger partial charge < -0.3 is 4.74 Å². The first-order valence-electron chi connectivity index (χ1n) is 5.99. The van der Waals surface area contributed by atoms with Gasteiger partial charge >= 0.3 is 5.97 Å². The van der Waals surface area contributed by atoms with Crippen LogP contribution in [-0.2, 0) is 9.53 Å². The fourth-order valence-electron chi connectivity index (χ4n) is 1.70. The smallest absolute Gasteiger partial charge is 0.305 e. The van der Waals surface area contributed by atoms with Crippen molar-refractivity contribution in [2.24, 2.45) is 11.8 Å². The van der Waals surface area contributed by atoms with Crippen LogP contribution in [0.1, 0.15) is 46.0 Å². The molecule has 2 nitrogen and oxygen atoms in total. The molecule has 86 valence electrons. The van der Waals surface area contributed by atoms with Crippen molar-refractivity contribution in [2.75, 3.05) is 6.61 Å². The van der Waals surface area contributed by atoms with E-state index in [1.807, 2.05) is 0 Å². The normalized spacial score (nSPS) is 20.6. The highest BCUT2D eigenvalue weighted by atomic mass is 16.5. The van der Waals surface area contributed by atoms with E-state index in [4.69, 9.17) is 4.74 Å². The molecule has 0 aromatic rings. The minimum atomic E-state index is -0.0294. The molecule has 1 rings (SSSR count). The van der Waals surface area contributed by atoms with Crippen molar-refractivity contribution in [3.8, 4) is 0 Å². The highest BCUT2D eigenvalue weighted by Gasteiger charge is 2.12. The minimum absolute atomic E-state index is 0.0294. The van der Waals surface area contributed by atoms with Gasteiger partial charge in [-0.3, -0.25) is 4.79 Å². The van der Waals surface area contributed by atoms with E-state index in [1.165, 1.54) is 0 Å². The summed E-state index contributed by atoms with van der Waals surface area (Å²) in [7, 11) is 0. The van der Waals surface area contributed by atoms with Crippen LogP contribution in [0.2, 0.25) is 0 Å². The zero-order valence-corrected chi connectivity index (χ0v) is 9.87. The Morgan fingerprint density at radius 1 is 1.47 bits per heavy atom. The third-order valence-electron chi connectivity index (χ3n) is 2.78. The predicted octanol–water partition coefficient (Wildman–Crippen LogP) is 3.32. The van der Waals surface area contributed by atoms with E-state index in [2.05, 4.69) is 26.0 Å². The van der Waals surface area contributed by atoms with E-state index >= 15 is 0 Å². The second-order valence-electron chi connectivity index (χ2n) is 4.77. The molecule has 1 atom stereocenters. The maximum absolute atomic E-state index is 11.3. The van der Waals surface area contributed by atoms with Crippen LogP contribution in [0.3, 0.4) is 0 Å². The first-order valence-corrected chi connectivity index (χ1v) is 5.99. The van der Waals surface area contributed by atoms with Crippen molar-refractivity contribution >= 4 is 5.97 Å². The molecule has 0 fully saturated rings. The molecule has 1 unspecified atom stereocenters. The van der Waals surface area contributed by atoms with Crippen LogP contribution >= 0.6 is 0 Å². The lowest BCUT2D eigenvalue weighted by Crippen LogP contribution is -2.15. The minimum Gasteiger partial charge on any atom is -0.465 e. The zero-order valence-electron chi connectivity index (χ0n) is 9.87. The average Bonchev–Trinajstić information content (AvgIpc) is 2.25. The highest BCUT2D eigenvalue weighted by Crippen LogP contribution is 2.18. The molecule has 0 aromatic carbocycles. The van der Waals surface area contributed by atoms with E-state index in [9.17, 15) is 4.79 Å². The van der Waals surface area contributed by atoms with Crippen LogP contribution in [0.5, 0.6) is 0 Å². The lowest BCUT2D eigenvalue weighted by molar-refractivity contribution is -0.145. The molecule has 0 heterocycles. The first-order chi connectivity index (χ1) is 7.18. The number of hydrogen-bond acceptors (Lipinski definition) is 2. The molecule has 1 aliphatic rings. The SMILES string of the molecule is CC(C)CCC(=O)OCC1CC=CCC1. The number of allylic oxidation sites excluding steroid dienone is 2. The maximum atomic E-state index is 11.3. The van der Waals surface area contributed by atoms with E-state index in [0.717, 1.165) is 25.7 Å². The van der Waals surface area contributed by atoms with Crippen LogP contribution in [-0.4, -0.2) is 12.6 Å². The zero-order chi connectivity index (χ0) is 11.1. The van der Waals surface area contributed by atoms with Crippen LogP contribution in [0.4, 0.5) is 0 Å². The summed E-state index contributed by atoms with van der Waals surface area (Å²) in [5, 5.41) is 0. The molecule has 2 heteroatoms. The summed E-state index contributed by atoms with van der Waals surface area (Å²) in [5.41, 5.74) is 0. The van der Waals surface area contributed by atoms with E-state index in [-0.39, 0.29) is 5.97 Å². The fourth-order valence-corrected chi connectivity index (χ4v) is 1.70. The Morgan fingerprint density at radius 2 is 2.27 bits per heavy atom. The number of carbonyl (C=O) groups excluding carboxylic acids is 1. The molecule has 0 spiro atoms. The lowest BCUT2D eigenvalue weighted by Gasteiger charge is -2.17. The van der Waals surface area contributed by atoms with Crippen LogP contribution in [0.15, 0.2) is 12.2 Å². The fraction of sp³-hybridized carbons (Fsp3) is 0.769. The summed E-state index contributed by atoms with van der Waals surface area (Å²) in [5.74, 6) is 1.10. The van der Waals surface area contributed by atoms with Gasteiger partial charge in [-0.05, 0) is 37.5 Å². The molecular formula is C13H22O2. The number of esters is 1. The predicted molar refractivity (Wildman–Crippen MR) is 61.5 cm³/mol. The largest absolute Gasteiger partial charge is 0.465 e. The summed E-state index contributed by atoms with van der Waals surface area (Å²) in [6, 6.07) is 0. The van der Waals surface area contributed by atoms with E-state index in [0.29, 0.717) is 24.9 Å². The number of hydrogen-bond donors (Lipinski definition) is 0. The molecule has 0 amide bonds. The lowest BCUT2D eigenvalue weighted by atomic mass is 9.95. The number of rotatable bonds is 5. The molecule has 0 aromatic heterocycles. The highest BCUT2D eigenvalue weighted by molar-refractivity contribution is 5.69. The molecule has 1 aliphatic carbocycles. The topological polar surface area (TPSA) is 26.3 Å². The molecule has 0 radical (unpaired) electrons. The van der Waals surface area contributed by atoms with Gasteiger partial charge in [0.1, 0.15) is 0 Å². The molecule has 0 aliphatic heterocycles. The molecular weight excluding hydrogens is 188 g/mol. The Labute approximate surface area is 92.7 Å². The van der Waals surface area contributed by atoms with E-state index in [1.54, 1.807) is 0 Å². The molecule has 0 bridgehead atoms. The van der Waals surface area contributed by atoms with Crippen LogP contribution in [0.25, 0.3) is 0 Å². The van der Waals surface area contributed by atoms with Crippen molar-refractivity contribution in [1.29, 1.82) is 0 Å². The summed E-state index contributed by atoms with van der Waals surface area (Å²) in [4.78, 5) is 11.3. The second kappa shape index (κ2) is 6.65. The van der Waals surface area contributed by atoms with Crippen molar-refractivity contribution in [2.45, 2.75) is 46.0 Å². The maximum Gasteiger partial charge on any atom is 0.305 e. The van der Waals surface area contributed by atoms with Gasteiger partial charge in [0.15, 0.2) is 0 Å². The summed E-state index contributed by atoms with van der Waals surface area (Å²) in [6.45, 7) is 4.86. The van der Waals surface area contributed by atoms with Crippen molar-refractivity contribution in [3.63, 3.8) is 0 Å². The van der Waals surface area contributed by atoms with Gasteiger partial charge in [0.2, 0.25) is 0 Å². The Hall–Kier alpha value is -0.790. The quantitative estimate of drug-likeness (QED) is 0.514. The Kier molecular flexibility index (Phi) is 5.44. The van der Waals surface area contributed by atoms with Crippen LogP contribution in [0, 0.1) is 11.8 Å². The third-order valence-corrected chi connectivity index (χ3v) is 2.78. The molecule has 0 saturated carbocycles. The van der Waals surface area contributed by atoms with Gasteiger partial charge in [0.25, 0.3) is 0 Å². The first kappa shape index (κ1) is 12.3. The van der Waals surface area contributed by atoms with Gasteiger partial charge in [0, 0.05) is 6.42 Å². The molecule has 0 saturated heterocycles. The van der Waals surface area contributed by atoms with Crippen LogP contribution < -0.4 is 0 Å². The van der Waals surface area contributed by atoms with Gasteiger partial charge in [-0.15, -0.1) is 0 Å². The Morgan fingerprint density at radius 3 is 2.87 bits per heavy atom. The van der Waals surface area contributed by atoms with Crippen molar-refractivity contribution in [3.05, 3.63) is 12.2 Å². The Balaban J connectivity index is 2.08. The van der Waals surface area contributed by atoms with Gasteiger partial charge in [-0.2, -0.15) is 0 Å². The summed E-state index contributed by atoms with van der Waals surface area (Å²) >= 11 is 0. The Bertz CT molecular complexity index is 219. The van der Waals surface area contributed by atoms with Gasteiger partial charge in [-0.1, -0.05) is 26.0 Å². The van der Waals surface area contributed by atoms with E-state index < -0.39 is 0 Å². The molecule has 0 N–H and O–H groups in total. The van der Waals surface area contributed by atoms with Gasteiger partial charge in [0.05, 0.1) is 6.61 Å². The number of ether oxygens (including phenoxy) is 1. The monoisotopic (exact) mass is 210 g/mol. The summed E-state index contributed by atoms with van der Waals surface area (Å²) in [6.07, 6.45) is 9.26. The molecule has 15 heavy (non-hydrogen) atoms. The van der Waals surface area contributed by atoms with Crippen molar-refractivity contribution in [1.82, 2.24) is 0 Å². The summed E-state index contributed by atoms with van der Waals surface area (Å²) < 4.78 is 5.26. The third kappa shape index (κ3) is 5.60. The average molecular weight is 210 g/mol. The second-order valence-corrected chi connectivity index (χ2v) is 4.77. The van der Waals surface area contributed by atoms with Gasteiger partial charge in [-0.25, -0.2) is 0 Å². The standard InChI is InChI=1S/C13H22O2/c1-11(2)8-9-13(14)15-10-12-6-4-3-5-7-12/h3-4,11-12H,5-10H2,1-2H3. The number of carbonyl (C=O) groups is 1. The van der Waals surface area contributed by atoms with Crippen molar-refractivity contribution < 1.29 is 9.53 Å².